The van der Waals surface area contributed by atoms with E-state index >= 15 is 0 Å². The second-order valence-corrected chi connectivity index (χ2v) is 13.5. The molecule has 0 bridgehead atoms. The highest BCUT2D eigenvalue weighted by Crippen LogP contribution is 2.15. The van der Waals surface area contributed by atoms with Crippen molar-refractivity contribution in [1.29, 1.82) is 0 Å². The number of amides is 1. The van der Waals surface area contributed by atoms with Crippen molar-refractivity contribution in [3.05, 3.63) is 12.2 Å². The van der Waals surface area contributed by atoms with E-state index in [-0.39, 0.29) is 12.5 Å². The third-order valence-corrected chi connectivity index (χ3v) is 9.12. The first kappa shape index (κ1) is 43.1. The first-order valence-electron chi connectivity index (χ1n) is 19.5. The van der Waals surface area contributed by atoms with Crippen LogP contribution in [0.4, 0.5) is 0 Å². The van der Waals surface area contributed by atoms with E-state index in [9.17, 15) is 20.1 Å². The fourth-order valence-corrected chi connectivity index (χ4v) is 6.04. The van der Waals surface area contributed by atoms with Gasteiger partial charge in [-0.05, 0) is 38.5 Å². The number of hydrogen-bond donors (Lipinski definition) is 4. The van der Waals surface area contributed by atoms with Gasteiger partial charge in [0.1, 0.15) is 6.10 Å². The predicted octanol–water partition coefficient (Wildman–Crippen LogP) is 10.5. The Bertz CT molecular complexity index is 611. The van der Waals surface area contributed by atoms with Crippen molar-refractivity contribution in [3.63, 3.8) is 0 Å². The Kier molecular flexibility index (Phi) is 34.2. The number of aliphatic hydroxyl groups excluding tert-OH is 3. The minimum atomic E-state index is -1.13. The number of nitrogens with one attached hydrogen (secondary N) is 1. The Morgan fingerprint density at radius 2 is 0.909 bits per heavy atom. The van der Waals surface area contributed by atoms with Crippen LogP contribution in [0.1, 0.15) is 206 Å². The zero-order valence-corrected chi connectivity index (χ0v) is 29.6. The lowest BCUT2D eigenvalue weighted by Crippen LogP contribution is -2.50. The van der Waals surface area contributed by atoms with Crippen LogP contribution >= 0.6 is 0 Å². The maximum absolute atomic E-state index is 12.3. The summed E-state index contributed by atoms with van der Waals surface area (Å²) in [7, 11) is 0. The molecule has 44 heavy (non-hydrogen) atoms. The second kappa shape index (κ2) is 35.0. The molecule has 3 atom stereocenters. The molecule has 0 aliphatic carbocycles. The van der Waals surface area contributed by atoms with Crippen LogP contribution in [0.25, 0.3) is 0 Å². The van der Waals surface area contributed by atoms with Gasteiger partial charge < -0.3 is 20.6 Å². The molecule has 262 valence electrons. The molecule has 1 amide bonds. The Balaban J connectivity index is 3.61. The van der Waals surface area contributed by atoms with Crippen LogP contribution in [-0.4, -0.2) is 46.1 Å². The topological polar surface area (TPSA) is 89.8 Å². The van der Waals surface area contributed by atoms with Gasteiger partial charge in [0.2, 0.25) is 5.91 Å². The monoisotopic (exact) mass is 624 g/mol. The summed E-state index contributed by atoms with van der Waals surface area (Å²) < 4.78 is 0. The first-order valence-corrected chi connectivity index (χ1v) is 19.5. The van der Waals surface area contributed by atoms with E-state index in [0.717, 1.165) is 38.5 Å². The highest BCUT2D eigenvalue weighted by molar-refractivity contribution is 5.76. The van der Waals surface area contributed by atoms with Crippen molar-refractivity contribution >= 4 is 5.91 Å². The van der Waals surface area contributed by atoms with Crippen molar-refractivity contribution in [3.8, 4) is 0 Å². The maximum atomic E-state index is 12.3. The Morgan fingerprint density at radius 1 is 0.545 bits per heavy atom. The molecule has 0 fully saturated rings. The molecule has 0 aromatic heterocycles. The predicted molar refractivity (Wildman–Crippen MR) is 190 cm³/mol. The third kappa shape index (κ3) is 29.8. The summed E-state index contributed by atoms with van der Waals surface area (Å²) in [6.07, 6.45) is 38.9. The summed E-state index contributed by atoms with van der Waals surface area (Å²) in [4.78, 5) is 12.3. The molecule has 0 spiro atoms. The molecule has 0 aliphatic rings. The van der Waals surface area contributed by atoms with E-state index in [1.165, 1.54) is 141 Å². The minimum absolute atomic E-state index is 0.150. The van der Waals surface area contributed by atoms with Crippen LogP contribution in [-0.2, 0) is 4.79 Å². The minimum Gasteiger partial charge on any atom is -0.394 e. The summed E-state index contributed by atoms with van der Waals surface area (Å²) in [5.41, 5.74) is 0. The fraction of sp³-hybridized carbons (Fsp3) is 0.923. The lowest BCUT2D eigenvalue weighted by Gasteiger charge is -2.26. The number of carbonyl (C=O) groups is 1. The van der Waals surface area contributed by atoms with Gasteiger partial charge in [-0.3, -0.25) is 4.79 Å². The maximum Gasteiger partial charge on any atom is 0.220 e. The Hall–Kier alpha value is -0.910. The van der Waals surface area contributed by atoms with E-state index in [1.807, 2.05) is 0 Å². The molecular weight excluding hydrogens is 546 g/mol. The van der Waals surface area contributed by atoms with Crippen LogP contribution in [0.2, 0.25) is 0 Å². The molecule has 0 rings (SSSR count). The van der Waals surface area contributed by atoms with Gasteiger partial charge in [-0.1, -0.05) is 174 Å². The van der Waals surface area contributed by atoms with E-state index in [1.54, 1.807) is 0 Å². The van der Waals surface area contributed by atoms with Crippen molar-refractivity contribution in [2.45, 2.75) is 225 Å². The highest BCUT2D eigenvalue weighted by Gasteiger charge is 2.26. The molecule has 0 saturated heterocycles. The van der Waals surface area contributed by atoms with Gasteiger partial charge in [-0.25, -0.2) is 0 Å². The molecule has 0 radical (unpaired) electrons. The van der Waals surface area contributed by atoms with Gasteiger partial charge in [0, 0.05) is 6.42 Å². The number of aliphatic hydroxyl groups is 3. The normalized spacial score (nSPS) is 13.8. The molecule has 0 aliphatic heterocycles. The third-order valence-electron chi connectivity index (χ3n) is 9.12. The zero-order valence-electron chi connectivity index (χ0n) is 29.6. The summed E-state index contributed by atoms with van der Waals surface area (Å²) >= 11 is 0. The lowest BCUT2D eigenvalue weighted by atomic mass is 9.99. The molecule has 4 N–H and O–H groups in total. The average molecular weight is 624 g/mol. The van der Waals surface area contributed by atoms with Gasteiger partial charge in [-0.15, -0.1) is 0 Å². The van der Waals surface area contributed by atoms with E-state index < -0.39 is 18.2 Å². The summed E-state index contributed by atoms with van der Waals surface area (Å²) in [5.74, 6) is -0.150. The zero-order chi connectivity index (χ0) is 32.4. The van der Waals surface area contributed by atoms with Gasteiger partial charge >= 0.3 is 0 Å². The number of unbranched alkanes of at least 4 members (excludes halogenated alkanes) is 25. The molecule has 3 unspecified atom stereocenters. The van der Waals surface area contributed by atoms with Crippen LogP contribution in [0.3, 0.4) is 0 Å². The van der Waals surface area contributed by atoms with Gasteiger partial charge in [0.25, 0.3) is 0 Å². The summed E-state index contributed by atoms with van der Waals surface area (Å²) in [6.45, 7) is 4.15. The van der Waals surface area contributed by atoms with Crippen LogP contribution in [0.15, 0.2) is 12.2 Å². The van der Waals surface area contributed by atoms with Crippen molar-refractivity contribution in [2.24, 2.45) is 0 Å². The number of rotatable bonds is 35. The van der Waals surface area contributed by atoms with Crippen molar-refractivity contribution in [1.82, 2.24) is 5.32 Å². The Labute approximate surface area is 274 Å². The molecule has 0 aromatic rings. The van der Waals surface area contributed by atoms with E-state index in [2.05, 4.69) is 31.3 Å². The number of allylic oxidation sites excluding steroid dienone is 2. The quantitative estimate of drug-likeness (QED) is 0.0418. The summed E-state index contributed by atoms with van der Waals surface area (Å²) in [6, 6.07) is -0.806. The smallest absolute Gasteiger partial charge is 0.220 e. The number of hydrogen-bond acceptors (Lipinski definition) is 4. The standard InChI is InChI=1S/C39H77NO4/c1-3-5-7-9-11-13-14-15-16-17-18-19-20-21-22-23-24-26-28-30-32-34-38(43)40-36(35-41)39(44)37(42)33-31-29-27-25-12-10-8-6-4-2/h19-20,36-37,39,41-42,44H,3-18,21-35H2,1-2H3,(H,40,43)/b20-19-. The molecule has 0 saturated carbocycles. The second-order valence-electron chi connectivity index (χ2n) is 13.5. The van der Waals surface area contributed by atoms with Crippen LogP contribution in [0, 0.1) is 0 Å². The molecular formula is C39H77NO4. The lowest BCUT2D eigenvalue weighted by molar-refractivity contribution is -0.124. The SMILES string of the molecule is CCCCCCCCCCCC/C=C\CCCCCCCCCC(=O)NC(CO)C(O)C(O)CCCCCCCCCCC. The van der Waals surface area contributed by atoms with Crippen LogP contribution < -0.4 is 5.32 Å². The van der Waals surface area contributed by atoms with E-state index in [0.29, 0.717) is 12.8 Å². The highest BCUT2D eigenvalue weighted by atomic mass is 16.3. The molecule has 0 heterocycles. The van der Waals surface area contributed by atoms with Gasteiger partial charge in [-0.2, -0.15) is 0 Å². The van der Waals surface area contributed by atoms with E-state index in [4.69, 9.17) is 0 Å². The Morgan fingerprint density at radius 3 is 1.32 bits per heavy atom. The molecule has 5 heteroatoms. The first-order chi connectivity index (χ1) is 21.6. The van der Waals surface area contributed by atoms with Gasteiger partial charge in [0.15, 0.2) is 0 Å². The largest absolute Gasteiger partial charge is 0.394 e. The van der Waals surface area contributed by atoms with Crippen LogP contribution in [0.5, 0.6) is 0 Å². The number of carbonyl (C=O) groups excluding carboxylic acids is 1. The summed E-state index contributed by atoms with van der Waals surface area (Å²) in [5, 5.41) is 33.3. The molecule has 5 nitrogen and oxygen atoms in total. The molecule has 0 aromatic carbocycles. The van der Waals surface area contributed by atoms with Crippen molar-refractivity contribution < 1.29 is 20.1 Å². The van der Waals surface area contributed by atoms with Crippen molar-refractivity contribution in [2.75, 3.05) is 6.61 Å². The van der Waals surface area contributed by atoms with Gasteiger partial charge in [0.05, 0.1) is 18.8 Å². The fourth-order valence-electron chi connectivity index (χ4n) is 6.04. The average Bonchev–Trinajstić information content (AvgIpc) is 3.03.